The summed E-state index contributed by atoms with van der Waals surface area (Å²) in [6.07, 6.45) is 0.826. The molecule has 2 aromatic rings. The van der Waals surface area contributed by atoms with Crippen LogP contribution in [0.2, 0.25) is 0 Å². The zero-order valence-corrected chi connectivity index (χ0v) is 9.93. The summed E-state index contributed by atoms with van der Waals surface area (Å²) >= 11 is 0. The molecule has 0 aliphatic rings. The van der Waals surface area contributed by atoms with E-state index in [4.69, 9.17) is 15.1 Å². The number of nitrogens with two attached hydrogens (primary N) is 1. The van der Waals surface area contributed by atoms with Crippen LogP contribution in [0.5, 0.6) is 0 Å². The Bertz CT molecular complexity index is 494. The molecule has 2 rings (SSSR count). The molecule has 0 atom stereocenters. The molecule has 0 saturated carbocycles. The van der Waals surface area contributed by atoms with Gasteiger partial charge in [0, 0.05) is 23.7 Å². The fourth-order valence-corrected chi connectivity index (χ4v) is 1.40. The summed E-state index contributed by atoms with van der Waals surface area (Å²) < 4.78 is 5.12. The van der Waals surface area contributed by atoms with Crippen molar-refractivity contribution in [2.45, 2.75) is 20.3 Å². The van der Waals surface area contributed by atoms with E-state index in [9.17, 15) is 0 Å². The van der Waals surface area contributed by atoms with E-state index in [-0.39, 0.29) is 0 Å². The average molecular weight is 233 g/mol. The highest BCUT2D eigenvalue weighted by Gasteiger charge is 2.09. The quantitative estimate of drug-likeness (QED) is 0.857. The van der Waals surface area contributed by atoms with Crippen molar-refractivity contribution in [1.82, 2.24) is 10.1 Å². The largest absolute Gasteiger partial charge is 0.383 e. The summed E-state index contributed by atoms with van der Waals surface area (Å²) in [5.74, 6) is 1.34. The third-order valence-corrected chi connectivity index (χ3v) is 2.25. The maximum Gasteiger partial charge on any atom is 0.137 e. The van der Waals surface area contributed by atoms with Crippen molar-refractivity contribution in [1.29, 1.82) is 0 Å². The van der Waals surface area contributed by atoms with E-state index in [1.54, 1.807) is 0 Å². The van der Waals surface area contributed by atoms with E-state index in [1.807, 2.05) is 38.8 Å². The van der Waals surface area contributed by atoms with Gasteiger partial charge in [0.25, 0.3) is 0 Å². The molecule has 5 nitrogen and oxygen atoms in total. The summed E-state index contributed by atoms with van der Waals surface area (Å²) in [5.41, 5.74) is 8.28. The summed E-state index contributed by atoms with van der Waals surface area (Å²) in [6.45, 7) is 5.92. The van der Waals surface area contributed by atoms with E-state index in [0.29, 0.717) is 5.82 Å². The van der Waals surface area contributed by atoms with Gasteiger partial charge in [-0.2, -0.15) is 0 Å². The maximum absolute atomic E-state index is 8.00. The van der Waals surface area contributed by atoms with Crippen molar-refractivity contribution in [3.8, 4) is 11.3 Å². The van der Waals surface area contributed by atoms with Gasteiger partial charge in [-0.3, -0.25) is 0 Å². The van der Waals surface area contributed by atoms with Crippen molar-refractivity contribution in [3.63, 3.8) is 0 Å². The van der Waals surface area contributed by atoms with Crippen molar-refractivity contribution in [2.24, 2.45) is 0 Å². The molecule has 0 unspecified atom stereocenters. The molecule has 0 saturated heterocycles. The van der Waals surface area contributed by atoms with Crippen LogP contribution in [-0.4, -0.2) is 16.9 Å². The Labute approximate surface area is 99.6 Å². The normalized spacial score (nSPS) is 9.53. The van der Waals surface area contributed by atoms with Gasteiger partial charge >= 0.3 is 0 Å². The smallest absolute Gasteiger partial charge is 0.137 e. The lowest BCUT2D eigenvalue weighted by atomic mass is 10.1. The molecular formula is C12H15N3O2. The number of nitrogen functional groups attached to an aromatic ring is 1. The second-order valence-electron chi connectivity index (χ2n) is 3.42. The van der Waals surface area contributed by atoms with Crippen LogP contribution < -0.4 is 5.73 Å². The Morgan fingerprint density at radius 2 is 2.12 bits per heavy atom. The van der Waals surface area contributed by atoms with Gasteiger partial charge in [-0.25, -0.2) is 4.98 Å². The number of hydrogen-bond acceptors (Lipinski definition) is 5. The van der Waals surface area contributed by atoms with Crippen molar-refractivity contribution < 1.29 is 9.32 Å². The van der Waals surface area contributed by atoms with Gasteiger partial charge in [0.05, 0.1) is 0 Å². The minimum atomic E-state index is 0.492. The molecule has 0 spiro atoms. The SMILES string of the molecule is C=O.CCc1cc(-c2ccc(C)nc2N)no1. The molecule has 0 amide bonds. The predicted octanol–water partition coefficient (Wildman–Crippen LogP) is 2.00. The van der Waals surface area contributed by atoms with Gasteiger partial charge in [0.2, 0.25) is 0 Å². The van der Waals surface area contributed by atoms with Crippen LogP contribution in [-0.2, 0) is 11.2 Å². The van der Waals surface area contributed by atoms with Gasteiger partial charge in [-0.15, -0.1) is 0 Å². The Kier molecular flexibility index (Phi) is 4.39. The molecule has 5 heteroatoms. The highest BCUT2D eigenvalue weighted by Crippen LogP contribution is 2.24. The summed E-state index contributed by atoms with van der Waals surface area (Å²) in [6, 6.07) is 5.71. The number of carbonyl (C=O) groups excluding carboxylic acids is 1. The molecule has 0 fully saturated rings. The second-order valence-corrected chi connectivity index (χ2v) is 3.42. The number of aryl methyl sites for hydroxylation is 2. The van der Waals surface area contributed by atoms with Crippen LogP contribution in [0.25, 0.3) is 11.3 Å². The molecule has 0 aliphatic carbocycles. The minimum absolute atomic E-state index is 0.492. The molecule has 90 valence electrons. The summed E-state index contributed by atoms with van der Waals surface area (Å²) in [7, 11) is 0. The molecule has 17 heavy (non-hydrogen) atoms. The van der Waals surface area contributed by atoms with Crippen LogP contribution in [0.3, 0.4) is 0 Å². The Morgan fingerprint density at radius 1 is 1.41 bits per heavy atom. The minimum Gasteiger partial charge on any atom is -0.383 e. The van der Waals surface area contributed by atoms with Gasteiger partial charge < -0.3 is 15.1 Å². The number of nitrogens with zero attached hydrogens (tertiary/aromatic N) is 2. The first-order valence-corrected chi connectivity index (χ1v) is 5.18. The Balaban J connectivity index is 0.000000686. The molecule has 2 heterocycles. The lowest BCUT2D eigenvalue weighted by molar-refractivity contribution is -0.0979. The van der Waals surface area contributed by atoms with Gasteiger partial charge in [0.1, 0.15) is 24.1 Å². The lowest BCUT2D eigenvalue weighted by Crippen LogP contribution is -1.95. The summed E-state index contributed by atoms with van der Waals surface area (Å²) in [4.78, 5) is 12.2. The van der Waals surface area contributed by atoms with E-state index in [0.717, 1.165) is 29.1 Å². The van der Waals surface area contributed by atoms with E-state index in [1.165, 1.54) is 0 Å². The third kappa shape index (κ3) is 2.90. The second kappa shape index (κ2) is 5.79. The molecular weight excluding hydrogens is 218 g/mol. The van der Waals surface area contributed by atoms with Gasteiger partial charge in [0.15, 0.2) is 0 Å². The zero-order chi connectivity index (χ0) is 12.8. The molecule has 2 aromatic heterocycles. The van der Waals surface area contributed by atoms with Crippen LogP contribution in [0.15, 0.2) is 22.7 Å². The fraction of sp³-hybridized carbons (Fsp3) is 0.250. The van der Waals surface area contributed by atoms with Crippen molar-refractivity contribution >= 4 is 12.6 Å². The van der Waals surface area contributed by atoms with Crippen LogP contribution in [0.1, 0.15) is 18.4 Å². The Morgan fingerprint density at radius 3 is 2.65 bits per heavy atom. The van der Waals surface area contributed by atoms with Crippen LogP contribution in [0.4, 0.5) is 5.82 Å². The van der Waals surface area contributed by atoms with Gasteiger partial charge in [-0.1, -0.05) is 12.1 Å². The molecule has 0 aromatic carbocycles. The number of hydrogen-bond donors (Lipinski definition) is 1. The fourth-order valence-electron chi connectivity index (χ4n) is 1.40. The highest BCUT2D eigenvalue weighted by molar-refractivity contribution is 5.70. The predicted molar refractivity (Wildman–Crippen MR) is 65.4 cm³/mol. The van der Waals surface area contributed by atoms with E-state index >= 15 is 0 Å². The highest BCUT2D eigenvalue weighted by atomic mass is 16.5. The number of aromatic nitrogens is 2. The lowest BCUT2D eigenvalue weighted by Gasteiger charge is -2.00. The summed E-state index contributed by atoms with van der Waals surface area (Å²) in [5, 5.41) is 3.95. The molecule has 0 bridgehead atoms. The Hall–Kier alpha value is -2.17. The number of anilines is 1. The maximum atomic E-state index is 8.00. The van der Waals surface area contributed by atoms with Crippen molar-refractivity contribution in [2.75, 3.05) is 5.73 Å². The first kappa shape index (κ1) is 12.9. The van der Waals surface area contributed by atoms with E-state index < -0.39 is 0 Å². The molecule has 0 aliphatic heterocycles. The van der Waals surface area contributed by atoms with Crippen molar-refractivity contribution in [3.05, 3.63) is 29.7 Å². The zero-order valence-electron chi connectivity index (χ0n) is 9.93. The first-order chi connectivity index (χ1) is 8.20. The molecule has 0 radical (unpaired) electrons. The average Bonchev–Trinajstić information content (AvgIpc) is 2.80. The number of rotatable bonds is 2. The third-order valence-electron chi connectivity index (χ3n) is 2.25. The van der Waals surface area contributed by atoms with Gasteiger partial charge in [-0.05, 0) is 19.1 Å². The van der Waals surface area contributed by atoms with E-state index in [2.05, 4.69) is 10.1 Å². The molecule has 2 N–H and O–H groups in total. The first-order valence-electron chi connectivity index (χ1n) is 5.18. The standard InChI is InChI=1S/C11H13N3O.CH2O/c1-3-8-6-10(14-15-8)9-5-4-7(2)13-11(9)12;1-2/h4-6H,3H2,1-2H3,(H2,12,13);1H2. The monoisotopic (exact) mass is 233 g/mol. The number of carbonyl (C=O) groups is 1. The number of pyridine rings is 1. The van der Waals surface area contributed by atoms with Crippen LogP contribution >= 0.6 is 0 Å². The van der Waals surface area contributed by atoms with Crippen LogP contribution in [0, 0.1) is 6.92 Å². The topological polar surface area (TPSA) is 82.0 Å².